The molecule has 0 N–H and O–H groups in total. The SMILES string of the molecule is O=C(c1cc(-c2ccc(F)cc2)nc2ccccc12)N1CCC2(CC1)OCCO2. The van der Waals surface area contributed by atoms with Crippen molar-refractivity contribution in [1.82, 2.24) is 9.88 Å². The summed E-state index contributed by atoms with van der Waals surface area (Å²) < 4.78 is 24.9. The van der Waals surface area contributed by atoms with Gasteiger partial charge in [-0.15, -0.1) is 0 Å². The Morgan fingerprint density at radius 2 is 1.69 bits per heavy atom. The predicted molar refractivity (Wildman–Crippen MR) is 107 cm³/mol. The summed E-state index contributed by atoms with van der Waals surface area (Å²) >= 11 is 0. The fourth-order valence-electron chi connectivity index (χ4n) is 4.13. The molecule has 1 spiro atoms. The maximum atomic E-state index is 13.4. The molecule has 148 valence electrons. The molecule has 0 atom stereocenters. The Labute approximate surface area is 168 Å². The minimum Gasteiger partial charge on any atom is -0.347 e. The number of carbonyl (C=O) groups is 1. The van der Waals surface area contributed by atoms with Crippen LogP contribution in [0.3, 0.4) is 0 Å². The lowest BCUT2D eigenvalue weighted by Crippen LogP contribution is -2.47. The Hall–Kier alpha value is -2.83. The van der Waals surface area contributed by atoms with E-state index in [9.17, 15) is 9.18 Å². The molecule has 2 saturated heterocycles. The van der Waals surface area contributed by atoms with Gasteiger partial charge >= 0.3 is 0 Å². The van der Waals surface area contributed by atoms with Gasteiger partial charge in [0.2, 0.25) is 0 Å². The Bertz CT molecular complexity index is 1050. The van der Waals surface area contributed by atoms with Crippen LogP contribution in [0.15, 0.2) is 54.6 Å². The van der Waals surface area contributed by atoms with Crippen LogP contribution in [0.1, 0.15) is 23.2 Å². The molecule has 2 aliphatic heterocycles. The zero-order chi connectivity index (χ0) is 19.8. The zero-order valence-electron chi connectivity index (χ0n) is 15.9. The number of likely N-dealkylation sites (tertiary alicyclic amines) is 1. The van der Waals surface area contributed by atoms with Crippen LogP contribution in [-0.4, -0.2) is 47.9 Å². The number of aromatic nitrogens is 1. The van der Waals surface area contributed by atoms with E-state index < -0.39 is 5.79 Å². The summed E-state index contributed by atoms with van der Waals surface area (Å²) in [6, 6.07) is 15.6. The van der Waals surface area contributed by atoms with Crippen LogP contribution in [0.5, 0.6) is 0 Å². The van der Waals surface area contributed by atoms with Crippen molar-refractivity contribution in [3.63, 3.8) is 0 Å². The van der Waals surface area contributed by atoms with Crippen molar-refractivity contribution in [2.24, 2.45) is 0 Å². The van der Waals surface area contributed by atoms with Crippen LogP contribution in [0.2, 0.25) is 0 Å². The second kappa shape index (κ2) is 7.21. The number of hydrogen-bond donors (Lipinski definition) is 0. The van der Waals surface area contributed by atoms with Gasteiger partial charge in [-0.25, -0.2) is 9.37 Å². The van der Waals surface area contributed by atoms with Crippen molar-refractivity contribution in [1.29, 1.82) is 0 Å². The van der Waals surface area contributed by atoms with Crippen molar-refractivity contribution in [3.05, 3.63) is 66.0 Å². The second-order valence-corrected chi connectivity index (χ2v) is 7.48. The van der Waals surface area contributed by atoms with E-state index in [-0.39, 0.29) is 11.7 Å². The Morgan fingerprint density at radius 3 is 2.41 bits per heavy atom. The standard InChI is InChI=1S/C23H21FN2O3/c24-17-7-5-16(6-8-17)21-15-19(18-3-1-2-4-20(18)25-21)22(27)26-11-9-23(10-12-26)28-13-14-29-23/h1-8,15H,9-14H2. The highest BCUT2D eigenvalue weighted by molar-refractivity contribution is 6.07. The van der Waals surface area contributed by atoms with E-state index in [2.05, 4.69) is 4.98 Å². The van der Waals surface area contributed by atoms with E-state index in [4.69, 9.17) is 9.47 Å². The zero-order valence-corrected chi connectivity index (χ0v) is 15.9. The van der Waals surface area contributed by atoms with Crippen LogP contribution in [0.25, 0.3) is 22.2 Å². The van der Waals surface area contributed by atoms with Crippen LogP contribution < -0.4 is 0 Å². The van der Waals surface area contributed by atoms with Gasteiger partial charge in [-0.3, -0.25) is 4.79 Å². The molecule has 0 unspecified atom stereocenters. The Balaban J connectivity index is 1.50. The summed E-state index contributed by atoms with van der Waals surface area (Å²) in [6.07, 6.45) is 1.35. The third-order valence-electron chi connectivity index (χ3n) is 5.71. The second-order valence-electron chi connectivity index (χ2n) is 7.48. The number of carbonyl (C=O) groups excluding carboxylic acids is 1. The van der Waals surface area contributed by atoms with E-state index in [1.54, 1.807) is 12.1 Å². The van der Waals surface area contributed by atoms with E-state index in [0.29, 0.717) is 50.4 Å². The number of piperidine rings is 1. The van der Waals surface area contributed by atoms with Gasteiger partial charge in [-0.1, -0.05) is 18.2 Å². The summed E-state index contributed by atoms with van der Waals surface area (Å²) in [4.78, 5) is 20.0. The molecule has 2 fully saturated rings. The molecule has 2 aliphatic rings. The lowest BCUT2D eigenvalue weighted by atomic mass is 10.00. The molecule has 3 aromatic rings. The van der Waals surface area contributed by atoms with E-state index in [1.807, 2.05) is 35.2 Å². The molecule has 0 radical (unpaired) electrons. The van der Waals surface area contributed by atoms with E-state index in [0.717, 1.165) is 16.5 Å². The van der Waals surface area contributed by atoms with Crippen LogP contribution >= 0.6 is 0 Å². The quantitative estimate of drug-likeness (QED) is 0.661. The summed E-state index contributed by atoms with van der Waals surface area (Å²) in [5.41, 5.74) is 2.78. The van der Waals surface area contributed by atoms with Gasteiger partial charge in [-0.05, 0) is 36.4 Å². The molecule has 6 heteroatoms. The highest BCUT2D eigenvalue weighted by Gasteiger charge is 2.41. The number of nitrogens with zero attached hydrogens (tertiary/aromatic N) is 2. The Kier molecular flexibility index (Phi) is 4.53. The first kappa shape index (κ1) is 18.2. The molecule has 5 rings (SSSR count). The highest BCUT2D eigenvalue weighted by atomic mass is 19.1. The van der Waals surface area contributed by atoms with Gasteiger partial charge in [0.1, 0.15) is 5.82 Å². The fraction of sp³-hybridized carbons (Fsp3) is 0.304. The smallest absolute Gasteiger partial charge is 0.254 e. The molecule has 0 aliphatic carbocycles. The summed E-state index contributed by atoms with van der Waals surface area (Å²) in [5, 5.41) is 0.817. The lowest BCUT2D eigenvalue weighted by molar-refractivity contribution is -0.181. The number of pyridine rings is 1. The minimum absolute atomic E-state index is 0.0280. The first-order chi connectivity index (χ1) is 14.1. The molecule has 0 bridgehead atoms. The minimum atomic E-state index is -0.517. The van der Waals surface area contributed by atoms with Gasteiger partial charge in [0.25, 0.3) is 5.91 Å². The lowest BCUT2D eigenvalue weighted by Gasteiger charge is -2.37. The number of ether oxygens (including phenoxy) is 2. The molecule has 1 amide bonds. The molecule has 2 aromatic carbocycles. The number of fused-ring (bicyclic) bond motifs is 1. The number of benzene rings is 2. The first-order valence-electron chi connectivity index (χ1n) is 9.87. The monoisotopic (exact) mass is 392 g/mol. The van der Waals surface area contributed by atoms with Gasteiger partial charge in [0.15, 0.2) is 5.79 Å². The summed E-state index contributed by atoms with van der Waals surface area (Å²) in [6.45, 7) is 2.40. The number of halogens is 1. The van der Waals surface area contributed by atoms with Gasteiger partial charge < -0.3 is 14.4 Å². The largest absolute Gasteiger partial charge is 0.347 e. The predicted octanol–water partition coefficient (Wildman–Crippen LogP) is 4.02. The summed E-state index contributed by atoms with van der Waals surface area (Å²) in [7, 11) is 0. The summed E-state index contributed by atoms with van der Waals surface area (Å²) in [5.74, 6) is -0.847. The Morgan fingerprint density at radius 1 is 1.00 bits per heavy atom. The molecule has 1 aromatic heterocycles. The molecule has 29 heavy (non-hydrogen) atoms. The normalized spacial score (nSPS) is 18.4. The molecular formula is C23H21FN2O3. The maximum absolute atomic E-state index is 13.4. The van der Waals surface area contributed by atoms with Gasteiger partial charge in [0.05, 0.1) is 30.0 Å². The number of hydrogen-bond acceptors (Lipinski definition) is 4. The van der Waals surface area contributed by atoms with Crippen molar-refractivity contribution >= 4 is 16.8 Å². The van der Waals surface area contributed by atoms with Crippen LogP contribution in [-0.2, 0) is 9.47 Å². The third-order valence-corrected chi connectivity index (χ3v) is 5.71. The maximum Gasteiger partial charge on any atom is 0.254 e. The van der Waals surface area contributed by atoms with Gasteiger partial charge in [-0.2, -0.15) is 0 Å². The fourth-order valence-corrected chi connectivity index (χ4v) is 4.13. The third kappa shape index (κ3) is 3.39. The number of para-hydroxylation sites is 1. The highest BCUT2D eigenvalue weighted by Crippen LogP contribution is 2.33. The van der Waals surface area contributed by atoms with Crippen LogP contribution in [0, 0.1) is 5.82 Å². The van der Waals surface area contributed by atoms with E-state index >= 15 is 0 Å². The van der Waals surface area contributed by atoms with Crippen LogP contribution in [0.4, 0.5) is 4.39 Å². The van der Waals surface area contributed by atoms with Crippen molar-refractivity contribution in [3.8, 4) is 11.3 Å². The van der Waals surface area contributed by atoms with Crippen molar-refractivity contribution < 1.29 is 18.7 Å². The van der Waals surface area contributed by atoms with E-state index in [1.165, 1.54) is 12.1 Å². The number of amides is 1. The molecule has 3 heterocycles. The average molecular weight is 392 g/mol. The van der Waals surface area contributed by atoms with Gasteiger partial charge in [0, 0.05) is 36.9 Å². The van der Waals surface area contributed by atoms with Crippen molar-refractivity contribution in [2.45, 2.75) is 18.6 Å². The van der Waals surface area contributed by atoms with Crippen molar-refractivity contribution in [2.75, 3.05) is 26.3 Å². The number of rotatable bonds is 2. The topological polar surface area (TPSA) is 51.7 Å². The first-order valence-corrected chi connectivity index (χ1v) is 9.87. The molecule has 0 saturated carbocycles. The molecule has 5 nitrogen and oxygen atoms in total. The average Bonchev–Trinajstić information content (AvgIpc) is 3.21. The molecular weight excluding hydrogens is 371 g/mol.